The Kier molecular flexibility index (Phi) is 5.21. The third-order valence-electron chi connectivity index (χ3n) is 6.18. The second-order valence-corrected chi connectivity index (χ2v) is 7.99. The van der Waals surface area contributed by atoms with E-state index in [1.54, 1.807) is 24.3 Å². The van der Waals surface area contributed by atoms with Crippen molar-refractivity contribution in [2.45, 2.75) is 18.6 Å². The van der Waals surface area contributed by atoms with Gasteiger partial charge < -0.3 is 10.4 Å². The Hall–Kier alpha value is -2.61. The molecule has 4 rings (SSSR count). The number of carbonyl (C=O) groups excluding carboxylic acids is 1. The highest BCUT2D eigenvalue weighted by Crippen LogP contribution is 2.51. The second kappa shape index (κ2) is 7.79. The Labute approximate surface area is 166 Å². The van der Waals surface area contributed by atoms with E-state index < -0.39 is 11.5 Å². The fraction of sp³-hybridized carbons (Fsp3) is 0.375. The van der Waals surface area contributed by atoms with Gasteiger partial charge in [-0.25, -0.2) is 0 Å². The monoisotopic (exact) mass is 374 g/mol. The van der Waals surface area contributed by atoms with Crippen LogP contribution in [0, 0.1) is 30.1 Å². The number of nitrogens with one attached hydrogen (secondary N) is 1. The highest BCUT2D eigenvalue weighted by molar-refractivity contribution is 5.86. The molecule has 3 unspecified atom stereocenters. The Balaban J connectivity index is 1.29. The van der Waals surface area contributed by atoms with Crippen molar-refractivity contribution in [3.63, 3.8) is 0 Å². The SMILES string of the molecule is C#CCC(O)(C(=O)NCC1C2CN(Cc3ccccc3)CC12)c1ccccc1. The average molecular weight is 374 g/mol. The average Bonchev–Trinajstić information content (AvgIpc) is 3.18. The number of likely N-dealkylation sites (tertiary alicyclic amines) is 1. The largest absolute Gasteiger partial charge is 0.375 e. The van der Waals surface area contributed by atoms with Gasteiger partial charge in [0, 0.05) is 26.2 Å². The van der Waals surface area contributed by atoms with E-state index in [0.29, 0.717) is 29.9 Å². The molecule has 3 atom stereocenters. The molecule has 0 bridgehead atoms. The molecule has 0 radical (unpaired) electrons. The number of benzene rings is 2. The molecule has 2 aromatic rings. The Morgan fingerprint density at radius 1 is 1.11 bits per heavy atom. The van der Waals surface area contributed by atoms with Crippen LogP contribution in [0.1, 0.15) is 17.5 Å². The lowest BCUT2D eigenvalue weighted by molar-refractivity contribution is -0.140. The van der Waals surface area contributed by atoms with Gasteiger partial charge in [-0.15, -0.1) is 12.3 Å². The maximum absolute atomic E-state index is 12.7. The van der Waals surface area contributed by atoms with Crippen LogP contribution in [0.25, 0.3) is 0 Å². The highest BCUT2D eigenvalue weighted by atomic mass is 16.3. The molecule has 1 aliphatic carbocycles. The van der Waals surface area contributed by atoms with E-state index in [9.17, 15) is 9.90 Å². The van der Waals surface area contributed by atoms with Crippen molar-refractivity contribution in [1.29, 1.82) is 0 Å². The Bertz CT molecular complexity index is 849. The summed E-state index contributed by atoms with van der Waals surface area (Å²) in [4.78, 5) is 15.2. The minimum Gasteiger partial charge on any atom is -0.375 e. The van der Waals surface area contributed by atoms with Crippen molar-refractivity contribution in [3.05, 3.63) is 71.8 Å². The molecular weight excluding hydrogens is 348 g/mol. The summed E-state index contributed by atoms with van der Waals surface area (Å²) in [6.07, 6.45) is 5.38. The number of fused-ring (bicyclic) bond motifs is 1. The molecule has 1 aliphatic heterocycles. The number of hydrogen-bond acceptors (Lipinski definition) is 3. The molecule has 1 saturated carbocycles. The van der Waals surface area contributed by atoms with E-state index in [1.165, 1.54) is 5.56 Å². The van der Waals surface area contributed by atoms with E-state index in [4.69, 9.17) is 6.42 Å². The number of hydrogen-bond donors (Lipinski definition) is 2. The van der Waals surface area contributed by atoms with Crippen LogP contribution in [0.5, 0.6) is 0 Å². The maximum Gasteiger partial charge on any atom is 0.257 e. The number of aliphatic hydroxyl groups is 1. The van der Waals surface area contributed by atoms with Crippen LogP contribution in [-0.4, -0.2) is 35.5 Å². The molecule has 144 valence electrons. The quantitative estimate of drug-likeness (QED) is 0.732. The molecule has 28 heavy (non-hydrogen) atoms. The van der Waals surface area contributed by atoms with Crippen LogP contribution in [0.2, 0.25) is 0 Å². The summed E-state index contributed by atoms with van der Waals surface area (Å²) in [5, 5.41) is 13.9. The molecule has 2 aromatic carbocycles. The van der Waals surface area contributed by atoms with Gasteiger partial charge in [0.05, 0.1) is 6.42 Å². The molecule has 4 nitrogen and oxygen atoms in total. The summed E-state index contributed by atoms with van der Waals surface area (Å²) in [6, 6.07) is 19.5. The summed E-state index contributed by atoms with van der Waals surface area (Å²) in [7, 11) is 0. The molecule has 0 aromatic heterocycles. The van der Waals surface area contributed by atoms with Crippen LogP contribution < -0.4 is 5.32 Å². The van der Waals surface area contributed by atoms with Gasteiger partial charge in [0.25, 0.3) is 5.91 Å². The lowest BCUT2D eigenvalue weighted by atomic mass is 9.89. The predicted molar refractivity (Wildman–Crippen MR) is 109 cm³/mol. The van der Waals surface area contributed by atoms with Gasteiger partial charge in [-0.3, -0.25) is 9.69 Å². The van der Waals surface area contributed by atoms with Crippen molar-refractivity contribution in [1.82, 2.24) is 10.2 Å². The van der Waals surface area contributed by atoms with Gasteiger partial charge in [-0.1, -0.05) is 60.7 Å². The standard InChI is InChI=1S/C24H26N2O2/c1-2-13-24(28,19-11-7-4-8-12-19)23(27)25-14-20-21-16-26(17-22(20)21)15-18-9-5-3-6-10-18/h1,3-12,20-22,28H,13-17H2,(H,25,27). The molecular formula is C24H26N2O2. The van der Waals surface area contributed by atoms with Crippen LogP contribution in [0.4, 0.5) is 0 Å². The molecule has 2 fully saturated rings. The van der Waals surface area contributed by atoms with Gasteiger partial charge in [0.1, 0.15) is 0 Å². The lowest BCUT2D eigenvalue weighted by Gasteiger charge is -2.26. The van der Waals surface area contributed by atoms with Crippen LogP contribution >= 0.6 is 0 Å². The third-order valence-corrected chi connectivity index (χ3v) is 6.18. The summed E-state index contributed by atoms with van der Waals surface area (Å²) in [5.74, 6) is 3.82. The zero-order chi connectivity index (χ0) is 19.6. The molecule has 1 amide bonds. The first-order valence-corrected chi connectivity index (χ1v) is 9.88. The van der Waals surface area contributed by atoms with Crippen molar-refractivity contribution >= 4 is 5.91 Å². The first-order valence-electron chi connectivity index (χ1n) is 9.88. The molecule has 0 spiro atoms. The Morgan fingerprint density at radius 2 is 1.71 bits per heavy atom. The van der Waals surface area contributed by atoms with Gasteiger partial charge in [0.2, 0.25) is 0 Å². The summed E-state index contributed by atoms with van der Waals surface area (Å²) >= 11 is 0. The van der Waals surface area contributed by atoms with E-state index in [2.05, 4.69) is 40.4 Å². The topological polar surface area (TPSA) is 52.6 Å². The van der Waals surface area contributed by atoms with E-state index in [-0.39, 0.29) is 6.42 Å². The first kappa shape index (κ1) is 18.7. The predicted octanol–water partition coefficient (Wildman–Crippen LogP) is 2.39. The van der Waals surface area contributed by atoms with Gasteiger partial charge >= 0.3 is 0 Å². The highest BCUT2D eigenvalue weighted by Gasteiger charge is 2.55. The minimum atomic E-state index is -1.67. The van der Waals surface area contributed by atoms with Crippen molar-refractivity contribution in [2.24, 2.45) is 17.8 Å². The molecule has 2 N–H and O–H groups in total. The smallest absolute Gasteiger partial charge is 0.257 e. The van der Waals surface area contributed by atoms with Gasteiger partial charge in [-0.2, -0.15) is 0 Å². The zero-order valence-corrected chi connectivity index (χ0v) is 15.9. The van der Waals surface area contributed by atoms with Crippen LogP contribution in [-0.2, 0) is 16.9 Å². The molecule has 2 aliphatic rings. The number of rotatable bonds is 7. The summed E-state index contributed by atoms with van der Waals surface area (Å²) in [6.45, 7) is 3.75. The minimum absolute atomic E-state index is 0.0365. The zero-order valence-electron chi connectivity index (χ0n) is 15.9. The van der Waals surface area contributed by atoms with Gasteiger partial charge in [-0.05, 0) is 28.9 Å². The molecule has 1 heterocycles. The van der Waals surface area contributed by atoms with E-state index in [1.807, 2.05) is 12.1 Å². The first-order chi connectivity index (χ1) is 13.6. The van der Waals surface area contributed by atoms with Crippen LogP contribution in [0.3, 0.4) is 0 Å². The fourth-order valence-electron chi connectivity index (χ4n) is 4.54. The molecule has 4 heteroatoms. The maximum atomic E-state index is 12.7. The van der Waals surface area contributed by atoms with Crippen molar-refractivity contribution < 1.29 is 9.90 Å². The second-order valence-electron chi connectivity index (χ2n) is 7.99. The Morgan fingerprint density at radius 3 is 2.32 bits per heavy atom. The van der Waals surface area contributed by atoms with E-state index in [0.717, 1.165) is 19.6 Å². The molecule has 1 saturated heterocycles. The number of piperidine rings is 1. The third kappa shape index (κ3) is 3.69. The van der Waals surface area contributed by atoms with Gasteiger partial charge in [0.15, 0.2) is 5.60 Å². The van der Waals surface area contributed by atoms with E-state index >= 15 is 0 Å². The van der Waals surface area contributed by atoms with Crippen molar-refractivity contribution in [3.8, 4) is 12.3 Å². The number of terminal acetylenes is 1. The normalized spacial score (nSPS) is 25.4. The lowest BCUT2D eigenvalue weighted by Crippen LogP contribution is -2.45. The number of carbonyl (C=O) groups is 1. The summed E-state index contributed by atoms with van der Waals surface area (Å²) < 4.78 is 0. The van der Waals surface area contributed by atoms with Crippen molar-refractivity contribution in [2.75, 3.05) is 19.6 Å². The van der Waals surface area contributed by atoms with Crippen LogP contribution in [0.15, 0.2) is 60.7 Å². The summed E-state index contributed by atoms with van der Waals surface area (Å²) in [5.41, 5.74) is 0.214. The fourth-order valence-corrected chi connectivity index (χ4v) is 4.54. The number of amides is 1. The number of nitrogens with zero attached hydrogens (tertiary/aromatic N) is 1.